The number of aromatic nitrogens is 2. The minimum absolute atomic E-state index is 0.650. The van der Waals surface area contributed by atoms with Gasteiger partial charge in [-0.3, -0.25) is 4.90 Å². The van der Waals surface area contributed by atoms with Gasteiger partial charge >= 0.3 is 0 Å². The Kier molecular flexibility index (Phi) is 5.69. The molecule has 0 spiro atoms. The highest BCUT2D eigenvalue weighted by Crippen LogP contribution is 2.21. The van der Waals surface area contributed by atoms with Crippen LogP contribution in [0.5, 0.6) is 11.5 Å². The zero-order valence-electron chi connectivity index (χ0n) is 14.4. The molecule has 2 heterocycles. The van der Waals surface area contributed by atoms with Crippen LogP contribution in [-0.2, 0) is 6.42 Å². The van der Waals surface area contributed by atoms with Crippen molar-refractivity contribution in [3.8, 4) is 11.5 Å². The molecule has 1 aromatic carbocycles. The summed E-state index contributed by atoms with van der Waals surface area (Å²) in [5.41, 5.74) is 0. The third-order valence-electron chi connectivity index (χ3n) is 4.47. The first kappa shape index (κ1) is 16.8. The van der Waals surface area contributed by atoms with E-state index < -0.39 is 0 Å². The number of piperidine rings is 1. The molecule has 3 rings (SSSR count). The lowest BCUT2D eigenvalue weighted by Gasteiger charge is -2.31. The van der Waals surface area contributed by atoms with Gasteiger partial charge in [-0.05, 0) is 44.0 Å². The van der Waals surface area contributed by atoms with E-state index in [0.29, 0.717) is 18.4 Å². The third-order valence-corrected chi connectivity index (χ3v) is 4.47. The van der Waals surface area contributed by atoms with Crippen LogP contribution in [-0.4, -0.2) is 48.4 Å². The Hall–Kier alpha value is -2.08. The second-order valence-corrected chi connectivity index (χ2v) is 6.25. The molecule has 0 N–H and O–H groups in total. The van der Waals surface area contributed by atoms with Gasteiger partial charge in [0.05, 0.1) is 7.11 Å². The molecule has 1 aliphatic rings. The molecule has 0 unspecified atom stereocenters. The van der Waals surface area contributed by atoms with E-state index in [1.165, 1.54) is 12.8 Å². The fourth-order valence-corrected chi connectivity index (χ4v) is 3.08. The van der Waals surface area contributed by atoms with Gasteiger partial charge in [0.25, 0.3) is 0 Å². The molecule has 1 saturated heterocycles. The van der Waals surface area contributed by atoms with Crippen LogP contribution in [0.3, 0.4) is 0 Å². The van der Waals surface area contributed by atoms with Crippen molar-refractivity contribution in [3.05, 3.63) is 36.0 Å². The molecule has 0 amide bonds. The van der Waals surface area contributed by atoms with Crippen molar-refractivity contribution in [2.24, 2.45) is 5.92 Å². The highest BCUT2D eigenvalue weighted by molar-refractivity contribution is 5.32. The van der Waals surface area contributed by atoms with Crippen LogP contribution in [0.1, 0.15) is 24.6 Å². The minimum Gasteiger partial charge on any atom is -0.497 e. The van der Waals surface area contributed by atoms with Crippen molar-refractivity contribution < 1.29 is 14.0 Å². The first-order chi connectivity index (χ1) is 11.7. The second kappa shape index (κ2) is 8.15. The van der Waals surface area contributed by atoms with Gasteiger partial charge in [-0.15, -0.1) is 0 Å². The standard InChI is InChI=1S/C18H25N3O3/c1-14-19-18(20-24-14)12-15-6-8-21(9-7-15)10-11-23-17-5-3-4-16(13-17)22-2/h3-5,13,15H,6-12H2,1-2H3. The van der Waals surface area contributed by atoms with Crippen LogP contribution in [0.2, 0.25) is 0 Å². The zero-order chi connectivity index (χ0) is 16.8. The Balaban J connectivity index is 1.36. The average molecular weight is 331 g/mol. The minimum atomic E-state index is 0.650. The van der Waals surface area contributed by atoms with Crippen LogP contribution in [0, 0.1) is 12.8 Å². The molecular weight excluding hydrogens is 306 g/mol. The molecular formula is C18H25N3O3. The van der Waals surface area contributed by atoms with E-state index in [-0.39, 0.29) is 0 Å². The summed E-state index contributed by atoms with van der Waals surface area (Å²) in [6.07, 6.45) is 3.27. The normalized spacial score (nSPS) is 16.2. The molecule has 0 atom stereocenters. The summed E-state index contributed by atoms with van der Waals surface area (Å²) < 4.78 is 16.1. The molecule has 130 valence electrons. The number of nitrogens with zero attached hydrogens (tertiary/aromatic N) is 3. The second-order valence-electron chi connectivity index (χ2n) is 6.25. The molecule has 0 bridgehead atoms. The van der Waals surface area contributed by atoms with Crippen molar-refractivity contribution in [1.82, 2.24) is 15.0 Å². The van der Waals surface area contributed by atoms with E-state index in [1.807, 2.05) is 31.2 Å². The molecule has 2 aromatic rings. The quantitative estimate of drug-likeness (QED) is 0.777. The number of likely N-dealkylation sites (tertiary alicyclic amines) is 1. The highest BCUT2D eigenvalue weighted by Gasteiger charge is 2.21. The zero-order valence-corrected chi connectivity index (χ0v) is 14.4. The Morgan fingerprint density at radius 1 is 1.25 bits per heavy atom. The van der Waals surface area contributed by atoms with Gasteiger partial charge in [-0.25, -0.2) is 0 Å². The van der Waals surface area contributed by atoms with Gasteiger partial charge in [0, 0.05) is 26.0 Å². The van der Waals surface area contributed by atoms with Gasteiger partial charge in [-0.1, -0.05) is 11.2 Å². The third kappa shape index (κ3) is 4.71. The maximum absolute atomic E-state index is 5.82. The molecule has 1 fully saturated rings. The van der Waals surface area contributed by atoms with Crippen molar-refractivity contribution >= 4 is 0 Å². The number of aryl methyl sites for hydroxylation is 1. The fourth-order valence-electron chi connectivity index (χ4n) is 3.08. The predicted octanol–water partition coefficient (Wildman–Crippen LogP) is 2.72. The van der Waals surface area contributed by atoms with Crippen LogP contribution < -0.4 is 9.47 Å². The van der Waals surface area contributed by atoms with Gasteiger partial charge in [0.15, 0.2) is 5.82 Å². The van der Waals surface area contributed by atoms with Crippen LogP contribution in [0.4, 0.5) is 0 Å². The van der Waals surface area contributed by atoms with Gasteiger partial charge in [0.1, 0.15) is 18.1 Å². The molecule has 1 aromatic heterocycles. The molecule has 6 nitrogen and oxygen atoms in total. The molecule has 1 aliphatic heterocycles. The topological polar surface area (TPSA) is 60.6 Å². The van der Waals surface area contributed by atoms with Crippen LogP contribution >= 0.6 is 0 Å². The number of rotatable bonds is 7. The van der Waals surface area contributed by atoms with Crippen molar-refractivity contribution in [2.75, 3.05) is 33.4 Å². The van der Waals surface area contributed by atoms with Crippen molar-refractivity contribution in [2.45, 2.75) is 26.2 Å². The lowest BCUT2D eigenvalue weighted by atomic mass is 9.93. The first-order valence-corrected chi connectivity index (χ1v) is 8.51. The summed E-state index contributed by atoms with van der Waals surface area (Å²) >= 11 is 0. The monoisotopic (exact) mass is 331 g/mol. The largest absolute Gasteiger partial charge is 0.497 e. The Morgan fingerprint density at radius 2 is 2.04 bits per heavy atom. The summed E-state index contributed by atoms with van der Waals surface area (Å²) in [7, 11) is 1.67. The van der Waals surface area contributed by atoms with Gasteiger partial charge in [0.2, 0.25) is 5.89 Å². The van der Waals surface area contributed by atoms with E-state index in [4.69, 9.17) is 14.0 Å². The smallest absolute Gasteiger partial charge is 0.223 e. The van der Waals surface area contributed by atoms with Crippen LogP contribution in [0.25, 0.3) is 0 Å². The Bertz CT molecular complexity index is 636. The molecule has 0 aliphatic carbocycles. The predicted molar refractivity (Wildman–Crippen MR) is 90.4 cm³/mol. The van der Waals surface area contributed by atoms with Gasteiger partial charge in [-0.2, -0.15) is 4.98 Å². The summed E-state index contributed by atoms with van der Waals surface area (Å²) in [5, 5.41) is 4.00. The summed E-state index contributed by atoms with van der Waals surface area (Å²) in [6.45, 7) is 5.68. The van der Waals surface area contributed by atoms with E-state index in [2.05, 4.69) is 15.0 Å². The van der Waals surface area contributed by atoms with E-state index in [9.17, 15) is 0 Å². The summed E-state index contributed by atoms with van der Waals surface area (Å²) in [5.74, 6) is 3.82. The number of ether oxygens (including phenoxy) is 2. The Morgan fingerprint density at radius 3 is 2.75 bits per heavy atom. The molecule has 0 saturated carbocycles. The number of hydrogen-bond acceptors (Lipinski definition) is 6. The van der Waals surface area contributed by atoms with E-state index in [0.717, 1.165) is 43.4 Å². The van der Waals surface area contributed by atoms with Crippen molar-refractivity contribution in [3.63, 3.8) is 0 Å². The fraction of sp³-hybridized carbons (Fsp3) is 0.556. The Labute approximate surface area is 142 Å². The molecule has 0 radical (unpaired) electrons. The van der Waals surface area contributed by atoms with Crippen molar-refractivity contribution in [1.29, 1.82) is 0 Å². The molecule has 24 heavy (non-hydrogen) atoms. The van der Waals surface area contributed by atoms with Gasteiger partial charge < -0.3 is 14.0 Å². The lowest BCUT2D eigenvalue weighted by Crippen LogP contribution is -2.37. The first-order valence-electron chi connectivity index (χ1n) is 8.51. The highest BCUT2D eigenvalue weighted by atomic mass is 16.5. The number of methoxy groups -OCH3 is 1. The number of hydrogen-bond donors (Lipinski definition) is 0. The lowest BCUT2D eigenvalue weighted by molar-refractivity contribution is 0.153. The maximum Gasteiger partial charge on any atom is 0.223 e. The average Bonchev–Trinajstić information content (AvgIpc) is 3.01. The maximum atomic E-state index is 5.82. The molecule has 6 heteroatoms. The van der Waals surface area contributed by atoms with Crippen LogP contribution in [0.15, 0.2) is 28.8 Å². The SMILES string of the molecule is COc1cccc(OCCN2CCC(Cc3noc(C)n3)CC2)c1. The summed E-state index contributed by atoms with van der Waals surface area (Å²) in [6, 6.07) is 7.74. The van der Waals surface area contributed by atoms with E-state index >= 15 is 0 Å². The van der Waals surface area contributed by atoms with E-state index in [1.54, 1.807) is 7.11 Å². The number of benzene rings is 1. The summed E-state index contributed by atoms with van der Waals surface area (Å²) in [4.78, 5) is 6.76.